The van der Waals surface area contributed by atoms with Crippen molar-refractivity contribution in [2.75, 3.05) is 27.7 Å². The minimum absolute atomic E-state index is 0. The van der Waals surface area contributed by atoms with Gasteiger partial charge in [-0.1, -0.05) is 0 Å². The minimum Gasteiger partial charge on any atom is -0.449 e. The molecule has 0 aromatic rings. The van der Waals surface area contributed by atoms with Gasteiger partial charge in [0, 0.05) is 21.1 Å². The lowest BCUT2D eigenvalue weighted by Crippen LogP contribution is -2.26. The predicted octanol–water partition coefficient (Wildman–Crippen LogP) is 1.00. The molecule has 0 aliphatic heterocycles. The van der Waals surface area contributed by atoms with E-state index in [1.807, 2.05) is 0 Å². The van der Waals surface area contributed by atoms with E-state index >= 15 is 0 Å². The van der Waals surface area contributed by atoms with E-state index in [2.05, 4.69) is 5.10 Å². The fraction of sp³-hybridized carbons (Fsp3) is 0.714. The van der Waals surface area contributed by atoms with Crippen LogP contribution in [0.3, 0.4) is 0 Å². The Labute approximate surface area is 84.7 Å². The maximum Gasteiger partial charge on any atom is 0.414 e. The lowest BCUT2D eigenvalue weighted by Gasteiger charge is -2.11. The summed E-state index contributed by atoms with van der Waals surface area (Å²) in [6.07, 6.45) is 1.00. The molecule has 0 bridgehead atoms. The topological polar surface area (TPSA) is 45.1 Å². The number of amides is 1. The van der Waals surface area contributed by atoms with Crippen molar-refractivity contribution in [3.8, 4) is 0 Å². The number of nitrogens with zero attached hydrogens (tertiary/aromatic N) is 3. The van der Waals surface area contributed by atoms with Gasteiger partial charge in [0.05, 0.1) is 6.61 Å². The molecule has 78 valence electrons. The molecular formula is C7H16ClN3O2. The van der Waals surface area contributed by atoms with E-state index in [0.29, 0.717) is 6.61 Å². The van der Waals surface area contributed by atoms with Gasteiger partial charge in [0.1, 0.15) is 6.34 Å². The molecule has 0 saturated heterocycles. The quantitative estimate of drug-likeness (QED) is 0.396. The SMILES string of the molecule is CCOC(=O)N(C)/C=N\N(C)C.Cl. The van der Waals surface area contributed by atoms with Gasteiger partial charge in [0.25, 0.3) is 0 Å². The van der Waals surface area contributed by atoms with E-state index in [-0.39, 0.29) is 12.4 Å². The number of hydrogen-bond acceptors (Lipinski definition) is 4. The maximum absolute atomic E-state index is 10.9. The summed E-state index contributed by atoms with van der Waals surface area (Å²) >= 11 is 0. The number of rotatable bonds is 3. The summed E-state index contributed by atoms with van der Waals surface area (Å²) in [5.41, 5.74) is 0. The monoisotopic (exact) mass is 209 g/mol. The first-order valence-corrected chi connectivity index (χ1v) is 3.69. The third-order valence-electron chi connectivity index (χ3n) is 1.01. The van der Waals surface area contributed by atoms with Crippen LogP contribution in [0.5, 0.6) is 0 Å². The molecule has 13 heavy (non-hydrogen) atoms. The van der Waals surface area contributed by atoms with Gasteiger partial charge >= 0.3 is 6.09 Å². The lowest BCUT2D eigenvalue weighted by molar-refractivity contribution is 0.134. The minimum atomic E-state index is -0.400. The number of ether oxygens (including phenoxy) is 1. The Balaban J connectivity index is 0. The number of hydrogen-bond donors (Lipinski definition) is 0. The third-order valence-corrected chi connectivity index (χ3v) is 1.01. The van der Waals surface area contributed by atoms with Gasteiger partial charge < -0.3 is 9.75 Å². The van der Waals surface area contributed by atoms with Crippen LogP contribution in [-0.4, -0.2) is 50.1 Å². The standard InChI is InChI=1S/C7H15N3O2.ClH/c1-5-12-7(11)10(4)6-8-9(2)3;/h6H,5H2,1-4H3;1H/b8-6-;. The summed E-state index contributed by atoms with van der Waals surface area (Å²) in [4.78, 5) is 12.2. The summed E-state index contributed by atoms with van der Waals surface area (Å²) in [6, 6.07) is 0. The van der Waals surface area contributed by atoms with E-state index in [1.165, 1.54) is 11.2 Å². The molecule has 0 fully saturated rings. The van der Waals surface area contributed by atoms with Crippen LogP contribution in [0.4, 0.5) is 4.79 Å². The largest absolute Gasteiger partial charge is 0.449 e. The first-order chi connectivity index (χ1) is 5.57. The molecule has 5 nitrogen and oxygen atoms in total. The summed E-state index contributed by atoms with van der Waals surface area (Å²) in [5, 5.41) is 5.45. The van der Waals surface area contributed by atoms with E-state index in [4.69, 9.17) is 4.74 Å². The van der Waals surface area contributed by atoms with Gasteiger partial charge in [-0.15, -0.1) is 12.4 Å². The van der Waals surface area contributed by atoms with E-state index < -0.39 is 6.09 Å². The van der Waals surface area contributed by atoms with Gasteiger partial charge in [-0.25, -0.2) is 4.79 Å². The molecule has 0 aliphatic rings. The molecular weight excluding hydrogens is 194 g/mol. The Morgan fingerprint density at radius 3 is 2.38 bits per heavy atom. The van der Waals surface area contributed by atoms with Gasteiger partial charge in [-0.05, 0) is 6.92 Å². The van der Waals surface area contributed by atoms with Gasteiger partial charge in [0.2, 0.25) is 0 Å². The van der Waals surface area contributed by atoms with Crippen molar-refractivity contribution in [3.63, 3.8) is 0 Å². The number of carbonyl (C=O) groups excluding carboxylic acids is 1. The number of carbonyl (C=O) groups is 1. The second-order valence-electron chi connectivity index (χ2n) is 2.39. The van der Waals surface area contributed by atoms with Crippen molar-refractivity contribution in [3.05, 3.63) is 0 Å². The van der Waals surface area contributed by atoms with Gasteiger partial charge in [-0.3, -0.25) is 4.90 Å². The Bertz CT molecular complexity index is 173. The summed E-state index contributed by atoms with van der Waals surface area (Å²) < 4.78 is 4.71. The predicted molar refractivity (Wildman–Crippen MR) is 54.2 cm³/mol. The Kier molecular flexibility index (Phi) is 8.58. The van der Waals surface area contributed by atoms with Crippen LogP contribution in [0, 0.1) is 0 Å². The molecule has 0 unspecified atom stereocenters. The van der Waals surface area contributed by atoms with Crippen LogP contribution in [0.15, 0.2) is 5.10 Å². The average Bonchev–Trinajstić information content (AvgIpc) is 2.00. The average molecular weight is 210 g/mol. The molecule has 0 saturated carbocycles. The molecule has 0 spiro atoms. The molecule has 0 rings (SSSR count). The van der Waals surface area contributed by atoms with Crippen LogP contribution >= 0.6 is 12.4 Å². The molecule has 0 aliphatic carbocycles. The second kappa shape index (κ2) is 7.67. The maximum atomic E-state index is 10.9. The Hall–Kier alpha value is -0.970. The van der Waals surface area contributed by atoms with Gasteiger partial charge in [0.15, 0.2) is 0 Å². The summed E-state index contributed by atoms with van der Waals surface area (Å²) in [5.74, 6) is 0. The van der Waals surface area contributed by atoms with Crippen LogP contribution in [0.25, 0.3) is 0 Å². The molecule has 0 atom stereocenters. The van der Waals surface area contributed by atoms with E-state index in [1.54, 1.807) is 33.1 Å². The van der Waals surface area contributed by atoms with Crippen molar-refractivity contribution in [2.45, 2.75) is 6.92 Å². The molecule has 0 radical (unpaired) electrons. The molecule has 0 aromatic heterocycles. The normalized spacial score (nSPS) is 9.23. The first-order valence-electron chi connectivity index (χ1n) is 3.69. The third kappa shape index (κ3) is 7.39. The number of hydrazone groups is 1. The van der Waals surface area contributed by atoms with Crippen LogP contribution in [0.2, 0.25) is 0 Å². The van der Waals surface area contributed by atoms with Crippen molar-refractivity contribution in [1.29, 1.82) is 0 Å². The molecule has 1 amide bonds. The van der Waals surface area contributed by atoms with E-state index in [0.717, 1.165) is 0 Å². The second-order valence-corrected chi connectivity index (χ2v) is 2.39. The Morgan fingerprint density at radius 1 is 1.46 bits per heavy atom. The van der Waals surface area contributed by atoms with Crippen molar-refractivity contribution < 1.29 is 9.53 Å². The smallest absolute Gasteiger partial charge is 0.414 e. The van der Waals surface area contributed by atoms with Crippen molar-refractivity contribution in [1.82, 2.24) is 9.91 Å². The lowest BCUT2D eigenvalue weighted by atomic mass is 10.8. The Morgan fingerprint density at radius 2 is 2.00 bits per heavy atom. The van der Waals surface area contributed by atoms with Crippen molar-refractivity contribution in [2.24, 2.45) is 5.10 Å². The molecule has 0 heterocycles. The highest BCUT2D eigenvalue weighted by Gasteiger charge is 2.04. The van der Waals surface area contributed by atoms with Crippen molar-refractivity contribution >= 4 is 24.8 Å². The highest BCUT2D eigenvalue weighted by molar-refractivity contribution is 5.85. The molecule has 0 N–H and O–H groups in total. The van der Waals surface area contributed by atoms with E-state index in [9.17, 15) is 4.79 Å². The summed E-state index contributed by atoms with van der Waals surface area (Å²) in [7, 11) is 5.13. The molecule has 0 aromatic carbocycles. The van der Waals surface area contributed by atoms with Crippen LogP contribution in [0.1, 0.15) is 6.92 Å². The van der Waals surface area contributed by atoms with Crippen LogP contribution in [-0.2, 0) is 4.74 Å². The fourth-order valence-electron chi connectivity index (χ4n) is 0.453. The zero-order valence-corrected chi connectivity index (χ0v) is 9.17. The highest BCUT2D eigenvalue weighted by atomic mass is 35.5. The molecule has 6 heteroatoms. The summed E-state index contributed by atoms with van der Waals surface area (Å²) in [6.45, 7) is 2.13. The fourth-order valence-corrected chi connectivity index (χ4v) is 0.453. The van der Waals surface area contributed by atoms with Crippen LogP contribution < -0.4 is 0 Å². The zero-order valence-electron chi connectivity index (χ0n) is 8.35. The zero-order chi connectivity index (χ0) is 9.56. The number of halogens is 1. The first kappa shape index (κ1) is 14.5. The highest BCUT2D eigenvalue weighted by Crippen LogP contribution is 1.86. The van der Waals surface area contributed by atoms with Gasteiger partial charge in [-0.2, -0.15) is 5.10 Å².